The van der Waals surface area contributed by atoms with Gasteiger partial charge in [0.1, 0.15) is 0 Å². The van der Waals surface area contributed by atoms with Gasteiger partial charge in [-0.1, -0.05) is 12.2 Å². The Hall–Kier alpha value is -0.0500. The van der Waals surface area contributed by atoms with Crippen molar-refractivity contribution >= 4 is 11.6 Å². The lowest BCUT2D eigenvalue weighted by Crippen LogP contribution is -2.43. The van der Waals surface area contributed by atoms with Gasteiger partial charge in [0.15, 0.2) is 5.79 Å². The number of hydrogen-bond acceptors (Lipinski definition) is 2. The summed E-state index contributed by atoms with van der Waals surface area (Å²) in [5.41, 5.74) is 0. The molecule has 1 saturated carbocycles. The molecule has 2 fully saturated rings. The molecule has 3 unspecified atom stereocenters. The molecule has 12 heavy (non-hydrogen) atoms. The maximum absolute atomic E-state index is 6.27. The molecule has 3 rings (SSSR count). The van der Waals surface area contributed by atoms with E-state index in [0.29, 0.717) is 25.0 Å². The van der Waals surface area contributed by atoms with Crippen LogP contribution in [-0.2, 0) is 9.47 Å². The fourth-order valence-electron chi connectivity index (χ4n) is 2.56. The van der Waals surface area contributed by atoms with E-state index in [9.17, 15) is 0 Å². The SMILES string of the molecule is ClC1C2C=CC(C2)C12OCCO2. The zero-order chi connectivity index (χ0) is 8.18. The third kappa shape index (κ3) is 0.691. The quantitative estimate of drug-likeness (QED) is 0.422. The van der Waals surface area contributed by atoms with Gasteiger partial charge in [0, 0.05) is 5.92 Å². The summed E-state index contributed by atoms with van der Waals surface area (Å²) in [6.45, 7) is 1.39. The van der Waals surface area contributed by atoms with E-state index in [1.165, 1.54) is 0 Å². The van der Waals surface area contributed by atoms with E-state index in [2.05, 4.69) is 12.2 Å². The van der Waals surface area contributed by atoms with Gasteiger partial charge in [-0.25, -0.2) is 0 Å². The molecule has 0 aromatic heterocycles. The minimum absolute atomic E-state index is 0.0231. The molecule has 2 bridgehead atoms. The van der Waals surface area contributed by atoms with Crippen molar-refractivity contribution in [1.82, 2.24) is 0 Å². The number of rotatable bonds is 0. The largest absolute Gasteiger partial charge is 0.345 e. The van der Waals surface area contributed by atoms with Gasteiger partial charge in [0.2, 0.25) is 0 Å². The second kappa shape index (κ2) is 2.25. The van der Waals surface area contributed by atoms with E-state index >= 15 is 0 Å². The molecule has 3 atom stereocenters. The van der Waals surface area contributed by atoms with Gasteiger partial charge in [0.05, 0.1) is 18.6 Å². The van der Waals surface area contributed by atoms with Crippen molar-refractivity contribution in [3.63, 3.8) is 0 Å². The number of alkyl halides is 1. The van der Waals surface area contributed by atoms with Crippen LogP contribution in [0.1, 0.15) is 6.42 Å². The van der Waals surface area contributed by atoms with Crippen LogP contribution in [0, 0.1) is 11.8 Å². The van der Waals surface area contributed by atoms with Gasteiger partial charge in [-0.2, -0.15) is 0 Å². The first-order valence-corrected chi connectivity index (χ1v) is 4.87. The minimum atomic E-state index is -0.457. The number of halogens is 1. The molecule has 3 aliphatic rings. The molecule has 1 saturated heterocycles. The number of ether oxygens (including phenoxy) is 2. The van der Waals surface area contributed by atoms with Crippen LogP contribution in [0.25, 0.3) is 0 Å². The average Bonchev–Trinajstić information content (AvgIpc) is 2.75. The first kappa shape index (κ1) is 7.36. The number of fused-ring (bicyclic) bond motifs is 3. The molecule has 1 aliphatic heterocycles. The second-order valence-electron chi connectivity index (χ2n) is 3.71. The summed E-state index contributed by atoms with van der Waals surface area (Å²) in [5.74, 6) is 0.406. The van der Waals surface area contributed by atoms with Gasteiger partial charge in [0.25, 0.3) is 0 Å². The van der Waals surface area contributed by atoms with E-state index in [-0.39, 0.29) is 5.38 Å². The smallest absolute Gasteiger partial charge is 0.191 e. The molecule has 0 N–H and O–H groups in total. The Balaban J connectivity index is 2.00. The first-order chi connectivity index (χ1) is 5.83. The third-order valence-electron chi connectivity index (χ3n) is 3.13. The van der Waals surface area contributed by atoms with Crippen molar-refractivity contribution in [2.24, 2.45) is 11.8 Å². The highest BCUT2D eigenvalue weighted by atomic mass is 35.5. The standard InChI is InChI=1S/C9H11ClO2/c10-8-6-1-2-7(5-6)9(8)11-3-4-12-9/h1-2,6-8H,3-5H2. The van der Waals surface area contributed by atoms with E-state index in [4.69, 9.17) is 21.1 Å². The average molecular weight is 187 g/mol. The van der Waals surface area contributed by atoms with Crippen LogP contribution in [0.15, 0.2) is 12.2 Å². The van der Waals surface area contributed by atoms with Gasteiger partial charge in [-0.3, -0.25) is 0 Å². The Morgan fingerprint density at radius 1 is 1.25 bits per heavy atom. The molecular formula is C9H11ClO2. The van der Waals surface area contributed by atoms with Crippen molar-refractivity contribution in [2.75, 3.05) is 13.2 Å². The Labute approximate surface area is 76.5 Å². The summed E-state index contributed by atoms with van der Waals surface area (Å²) < 4.78 is 11.3. The third-order valence-corrected chi connectivity index (χ3v) is 3.76. The fourth-order valence-corrected chi connectivity index (χ4v) is 3.04. The fraction of sp³-hybridized carbons (Fsp3) is 0.778. The van der Waals surface area contributed by atoms with Crippen LogP contribution in [-0.4, -0.2) is 24.4 Å². The van der Waals surface area contributed by atoms with Gasteiger partial charge in [-0.15, -0.1) is 11.6 Å². The molecule has 1 heterocycles. The van der Waals surface area contributed by atoms with Crippen LogP contribution >= 0.6 is 11.6 Å². The summed E-state index contributed by atoms with van der Waals surface area (Å²) in [4.78, 5) is 0. The Kier molecular flexibility index (Phi) is 1.38. The van der Waals surface area contributed by atoms with Crippen molar-refractivity contribution in [1.29, 1.82) is 0 Å². The molecule has 3 heteroatoms. The lowest BCUT2D eigenvalue weighted by atomic mass is 10.00. The summed E-state index contributed by atoms with van der Waals surface area (Å²) in [6.07, 6.45) is 5.49. The summed E-state index contributed by atoms with van der Waals surface area (Å²) in [5, 5.41) is 0.0231. The molecule has 2 nitrogen and oxygen atoms in total. The molecule has 0 amide bonds. The molecule has 66 valence electrons. The maximum Gasteiger partial charge on any atom is 0.191 e. The molecule has 1 spiro atoms. The number of allylic oxidation sites excluding steroid dienone is 1. The van der Waals surface area contributed by atoms with Gasteiger partial charge < -0.3 is 9.47 Å². The molecule has 0 radical (unpaired) electrons. The number of hydrogen-bond donors (Lipinski definition) is 0. The summed E-state index contributed by atoms with van der Waals surface area (Å²) >= 11 is 6.27. The Morgan fingerprint density at radius 3 is 2.58 bits per heavy atom. The maximum atomic E-state index is 6.27. The highest BCUT2D eigenvalue weighted by Crippen LogP contribution is 2.53. The van der Waals surface area contributed by atoms with E-state index in [0.717, 1.165) is 6.42 Å². The molecular weight excluding hydrogens is 176 g/mol. The molecule has 0 aromatic carbocycles. The molecule has 0 aromatic rings. The van der Waals surface area contributed by atoms with Gasteiger partial charge in [-0.05, 0) is 12.3 Å². The summed E-state index contributed by atoms with van der Waals surface area (Å²) in [6, 6.07) is 0. The Bertz CT molecular complexity index is 233. The minimum Gasteiger partial charge on any atom is -0.345 e. The normalized spacial score (nSPS) is 47.9. The van der Waals surface area contributed by atoms with Crippen molar-refractivity contribution in [2.45, 2.75) is 17.6 Å². The van der Waals surface area contributed by atoms with E-state index in [1.54, 1.807) is 0 Å². The van der Waals surface area contributed by atoms with E-state index < -0.39 is 5.79 Å². The Morgan fingerprint density at radius 2 is 2.00 bits per heavy atom. The lowest BCUT2D eigenvalue weighted by molar-refractivity contribution is -0.170. The van der Waals surface area contributed by atoms with Crippen LogP contribution in [0.4, 0.5) is 0 Å². The van der Waals surface area contributed by atoms with Crippen LogP contribution in [0.5, 0.6) is 0 Å². The topological polar surface area (TPSA) is 18.5 Å². The predicted molar refractivity (Wildman–Crippen MR) is 45.0 cm³/mol. The highest BCUT2D eigenvalue weighted by Gasteiger charge is 2.59. The van der Waals surface area contributed by atoms with Crippen LogP contribution in [0.2, 0.25) is 0 Å². The van der Waals surface area contributed by atoms with Crippen molar-refractivity contribution in [3.05, 3.63) is 12.2 Å². The summed E-state index contributed by atoms with van der Waals surface area (Å²) in [7, 11) is 0. The zero-order valence-electron chi connectivity index (χ0n) is 6.70. The van der Waals surface area contributed by atoms with Crippen molar-refractivity contribution < 1.29 is 9.47 Å². The lowest BCUT2D eigenvalue weighted by Gasteiger charge is -2.32. The van der Waals surface area contributed by atoms with Crippen LogP contribution < -0.4 is 0 Å². The zero-order valence-corrected chi connectivity index (χ0v) is 7.46. The first-order valence-electron chi connectivity index (χ1n) is 4.43. The van der Waals surface area contributed by atoms with Crippen LogP contribution in [0.3, 0.4) is 0 Å². The molecule has 2 aliphatic carbocycles. The monoisotopic (exact) mass is 186 g/mol. The highest BCUT2D eigenvalue weighted by molar-refractivity contribution is 6.22. The second-order valence-corrected chi connectivity index (χ2v) is 4.18. The predicted octanol–water partition coefficient (Wildman–Crippen LogP) is 1.54. The van der Waals surface area contributed by atoms with E-state index in [1.807, 2.05) is 0 Å². The van der Waals surface area contributed by atoms with Gasteiger partial charge >= 0.3 is 0 Å². The van der Waals surface area contributed by atoms with Crippen molar-refractivity contribution in [3.8, 4) is 0 Å².